The van der Waals surface area contributed by atoms with Crippen LogP contribution in [0.2, 0.25) is 0 Å². The number of esters is 3. The Balaban J connectivity index is 4.37. The lowest BCUT2D eigenvalue weighted by atomic mass is 10.0. The van der Waals surface area contributed by atoms with Crippen LogP contribution in [0.4, 0.5) is 0 Å². The molecule has 0 bridgehead atoms. The van der Waals surface area contributed by atoms with Crippen molar-refractivity contribution in [1.82, 2.24) is 0 Å². The smallest absolute Gasteiger partial charge is 0.306 e. The third-order valence-electron chi connectivity index (χ3n) is 14.0. The molecule has 450 valence electrons. The molecule has 0 aromatic heterocycles. The first kappa shape index (κ1) is 74.8. The van der Waals surface area contributed by atoms with E-state index in [2.05, 4.69) is 142 Å². The molecule has 6 heteroatoms. The molecule has 0 N–H and O–H groups in total. The molecule has 0 fully saturated rings. The minimum atomic E-state index is -0.796. The normalized spacial score (nSPS) is 12.9. The lowest BCUT2D eigenvalue weighted by Crippen LogP contribution is -2.30. The molecule has 0 aliphatic heterocycles. The highest BCUT2D eigenvalue weighted by atomic mass is 16.6. The number of unbranched alkanes of at least 4 members (excludes halogenated alkanes) is 28. The second-order valence-corrected chi connectivity index (χ2v) is 21.6. The zero-order valence-corrected chi connectivity index (χ0v) is 51.6. The molecule has 0 aliphatic rings. The molecular formula is C73H122O6. The number of hydrogen-bond donors (Lipinski definition) is 0. The predicted octanol–water partition coefficient (Wildman–Crippen LogP) is 22.8. The fraction of sp³-hybridized carbons (Fsp3) is 0.685. The van der Waals surface area contributed by atoms with Crippen molar-refractivity contribution in [2.45, 2.75) is 309 Å². The molecular weight excluding hydrogens is 973 g/mol. The lowest BCUT2D eigenvalue weighted by Gasteiger charge is -2.18. The van der Waals surface area contributed by atoms with Crippen LogP contribution >= 0.6 is 0 Å². The Hall–Kier alpha value is -4.19. The zero-order valence-electron chi connectivity index (χ0n) is 51.6. The first-order chi connectivity index (χ1) is 39.0. The summed E-state index contributed by atoms with van der Waals surface area (Å²) in [7, 11) is 0. The van der Waals surface area contributed by atoms with E-state index in [1.165, 1.54) is 141 Å². The van der Waals surface area contributed by atoms with Crippen LogP contribution in [-0.2, 0) is 28.6 Å². The third-order valence-corrected chi connectivity index (χ3v) is 14.0. The lowest BCUT2D eigenvalue weighted by molar-refractivity contribution is -0.167. The summed E-state index contributed by atoms with van der Waals surface area (Å²) < 4.78 is 16.9. The van der Waals surface area contributed by atoms with E-state index in [0.717, 1.165) is 122 Å². The van der Waals surface area contributed by atoms with E-state index < -0.39 is 6.10 Å². The van der Waals surface area contributed by atoms with Crippen molar-refractivity contribution in [3.63, 3.8) is 0 Å². The van der Waals surface area contributed by atoms with Crippen molar-refractivity contribution < 1.29 is 28.6 Å². The van der Waals surface area contributed by atoms with Gasteiger partial charge in [-0.2, -0.15) is 0 Å². The monoisotopic (exact) mass is 1090 g/mol. The van der Waals surface area contributed by atoms with Gasteiger partial charge in [-0.15, -0.1) is 0 Å². The maximum absolute atomic E-state index is 12.9. The van der Waals surface area contributed by atoms with Gasteiger partial charge in [-0.25, -0.2) is 0 Å². The van der Waals surface area contributed by atoms with Crippen LogP contribution in [0.25, 0.3) is 0 Å². The highest BCUT2D eigenvalue weighted by molar-refractivity contribution is 5.71. The molecule has 1 atom stereocenters. The van der Waals surface area contributed by atoms with Gasteiger partial charge in [-0.1, -0.05) is 290 Å². The van der Waals surface area contributed by atoms with Gasteiger partial charge in [0.25, 0.3) is 0 Å². The summed E-state index contributed by atoms with van der Waals surface area (Å²) in [5.74, 6) is -0.921. The Morgan fingerprint density at radius 2 is 0.494 bits per heavy atom. The van der Waals surface area contributed by atoms with E-state index in [-0.39, 0.29) is 31.1 Å². The molecule has 0 saturated carbocycles. The average Bonchev–Trinajstić information content (AvgIpc) is 3.45. The summed E-state index contributed by atoms with van der Waals surface area (Å²) in [5.41, 5.74) is 0. The first-order valence-electron chi connectivity index (χ1n) is 33.0. The SMILES string of the molecule is CC/C=C\C/C=C\C/C=C\C/C=C\C/C=C\C/C=C\C/C=C\C/C=C\C/C=C\CCCCCC(=O)OCC(COC(=O)CCCCCCCCCCCCCCC)OC(=O)CCCCCCCCC/C=C\CCCCCCCC. The second-order valence-electron chi connectivity index (χ2n) is 21.6. The van der Waals surface area contributed by atoms with Gasteiger partial charge in [0.15, 0.2) is 6.10 Å². The third kappa shape index (κ3) is 64.5. The summed E-state index contributed by atoms with van der Waals surface area (Å²) in [6.45, 7) is 6.51. The van der Waals surface area contributed by atoms with Crippen LogP contribution in [-0.4, -0.2) is 37.2 Å². The van der Waals surface area contributed by atoms with Gasteiger partial charge in [0.1, 0.15) is 13.2 Å². The Bertz CT molecular complexity index is 1640. The molecule has 6 nitrogen and oxygen atoms in total. The van der Waals surface area contributed by atoms with Gasteiger partial charge in [-0.05, 0) is 116 Å². The first-order valence-corrected chi connectivity index (χ1v) is 33.0. The summed E-state index contributed by atoms with van der Waals surface area (Å²) >= 11 is 0. The largest absolute Gasteiger partial charge is 0.462 e. The van der Waals surface area contributed by atoms with Crippen LogP contribution in [0.3, 0.4) is 0 Å². The van der Waals surface area contributed by atoms with Gasteiger partial charge in [-0.3, -0.25) is 14.4 Å². The van der Waals surface area contributed by atoms with E-state index in [0.29, 0.717) is 19.3 Å². The Morgan fingerprint density at radius 1 is 0.266 bits per heavy atom. The van der Waals surface area contributed by atoms with Crippen molar-refractivity contribution in [1.29, 1.82) is 0 Å². The molecule has 1 unspecified atom stereocenters. The summed E-state index contributed by atoms with van der Waals surface area (Å²) in [6.07, 6.45) is 92.0. The average molecular weight is 1100 g/mol. The fourth-order valence-corrected chi connectivity index (χ4v) is 9.02. The molecule has 0 aromatic rings. The number of carbonyl (C=O) groups is 3. The standard InChI is InChI=1S/C73H122O6/c1-4-7-10-13-16-19-22-25-27-29-30-31-32-33-34-35-36-37-38-39-40-41-42-44-45-48-51-54-57-60-63-66-72(75)78-69-70(68-77-71(74)65-62-59-56-53-50-47-24-21-18-15-12-9-6-3)79-73(76)67-64-61-58-55-52-49-46-43-28-26-23-20-17-14-11-8-5-2/h7,10,16,19,25-28,30-31,33-34,36-37,39-40,42,44,48,51,70H,4-6,8-9,11-15,17-18,20-24,29,32,35,38,41,43,45-47,49-50,52-69H2,1-3H3/b10-7-,19-16-,27-25-,28-26-,31-30-,34-33-,37-36-,40-39-,44-42-,51-48-. The predicted molar refractivity (Wildman–Crippen MR) is 343 cm³/mol. The Kier molecular flexibility index (Phi) is 62.8. The molecule has 0 saturated heterocycles. The second kappa shape index (κ2) is 66.3. The highest BCUT2D eigenvalue weighted by Crippen LogP contribution is 2.16. The maximum Gasteiger partial charge on any atom is 0.306 e. The number of carbonyl (C=O) groups excluding carboxylic acids is 3. The van der Waals surface area contributed by atoms with E-state index in [1.54, 1.807) is 0 Å². The van der Waals surface area contributed by atoms with Crippen molar-refractivity contribution >= 4 is 17.9 Å². The maximum atomic E-state index is 12.9. The van der Waals surface area contributed by atoms with Crippen LogP contribution < -0.4 is 0 Å². The van der Waals surface area contributed by atoms with Crippen LogP contribution in [0, 0.1) is 0 Å². The fourth-order valence-electron chi connectivity index (χ4n) is 9.02. The van der Waals surface area contributed by atoms with E-state index in [4.69, 9.17) is 14.2 Å². The van der Waals surface area contributed by atoms with Gasteiger partial charge >= 0.3 is 17.9 Å². The number of hydrogen-bond acceptors (Lipinski definition) is 6. The Morgan fingerprint density at radius 3 is 0.797 bits per heavy atom. The van der Waals surface area contributed by atoms with E-state index in [9.17, 15) is 14.4 Å². The molecule has 0 rings (SSSR count). The minimum Gasteiger partial charge on any atom is -0.462 e. The summed E-state index contributed by atoms with van der Waals surface area (Å²) in [4.78, 5) is 38.3. The Labute approximate surface area is 488 Å². The molecule has 0 amide bonds. The zero-order chi connectivity index (χ0) is 57.1. The summed E-state index contributed by atoms with van der Waals surface area (Å²) in [6, 6.07) is 0. The van der Waals surface area contributed by atoms with Gasteiger partial charge in [0, 0.05) is 19.3 Å². The van der Waals surface area contributed by atoms with Crippen molar-refractivity contribution in [3.8, 4) is 0 Å². The molecule has 0 heterocycles. The number of ether oxygens (including phenoxy) is 3. The van der Waals surface area contributed by atoms with Gasteiger partial charge in [0.05, 0.1) is 0 Å². The number of allylic oxidation sites excluding steroid dienone is 20. The van der Waals surface area contributed by atoms with Gasteiger partial charge in [0.2, 0.25) is 0 Å². The van der Waals surface area contributed by atoms with E-state index >= 15 is 0 Å². The molecule has 0 aliphatic carbocycles. The van der Waals surface area contributed by atoms with E-state index in [1.807, 2.05) is 0 Å². The van der Waals surface area contributed by atoms with Crippen LogP contribution in [0.15, 0.2) is 122 Å². The number of rotatable bonds is 59. The molecule has 79 heavy (non-hydrogen) atoms. The topological polar surface area (TPSA) is 78.9 Å². The minimum absolute atomic E-state index is 0.0895. The quantitative estimate of drug-likeness (QED) is 0.0261. The summed E-state index contributed by atoms with van der Waals surface area (Å²) in [5, 5.41) is 0. The van der Waals surface area contributed by atoms with Crippen molar-refractivity contribution in [3.05, 3.63) is 122 Å². The van der Waals surface area contributed by atoms with Crippen molar-refractivity contribution in [2.24, 2.45) is 0 Å². The highest BCUT2D eigenvalue weighted by Gasteiger charge is 2.19. The molecule has 0 spiro atoms. The molecule has 0 aromatic carbocycles. The van der Waals surface area contributed by atoms with Gasteiger partial charge < -0.3 is 14.2 Å². The van der Waals surface area contributed by atoms with Crippen LogP contribution in [0.1, 0.15) is 303 Å². The van der Waals surface area contributed by atoms with Crippen molar-refractivity contribution in [2.75, 3.05) is 13.2 Å². The molecule has 0 radical (unpaired) electrons. The van der Waals surface area contributed by atoms with Crippen LogP contribution in [0.5, 0.6) is 0 Å².